The van der Waals surface area contributed by atoms with E-state index in [1.165, 1.54) is 12.1 Å². The number of hydrogen-bond acceptors (Lipinski definition) is 6. The second kappa shape index (κ2) is 9.32. The molecular formula is C22H25NO6S. The molecule has 0 fully saturated rings. The highest BCUT2D eigenvalue weighted by molar-refractivity contribution is 7.89. The van der Waals surface area contributed by atoms with Gasteiger partial charge in [-0.2, -0.15) is 0 Å². The molecule has 1 heterocycles. The second-order valence-electron chi connectivity index (χ2n) is 6.66. The summed E-state index contributed by atoms with van der Waals surface area (Å²) in [6, 6.07) is 12.1. The molecule has 0 aliphatic rings. The average molecular weight is 432 g/mol. The lowest BCUT2D eigenvalue weighted by atomic mass is 10.1. The smallest absolute Gasteiger partial charge is 0.374 e. The first kappa shape index (κ1) is 21.9. The van der Waals surface area contributed by atoms with E-state index in [2.05, 4.69) is 4.72 Å². The summed E-state index contributed by atoms with van der Waals surface area (Å²) < 4.78 is 44.1. The van der Waals surface area contributed by atoms with E-state index in [9.17, 15) is 13.2 Å². The van der Waals surface area contributed by atoms with Crippen LogP contribution in [0.1, 0.15) is 35.5 Å². The first-order valence-electron chi connectivity index (χ1n) is 9.77. The maximum atomic E-state index is 12.7. The van der Waals surface area contributed by atoms with Gasteiger partial charge in [0.1, 0.15) is 11.3 Å². The molecule has 3 rings (SSSR count). The van der Waals surface area contributed by atoms with E-state index in [1.54, 1.807) is 19.9 Å². The molecule has 1 aromatic heterocycles. The van der Waals surface area contributed by atoms with Gasteiger partial charge in [0.2, 0.25) is 15.8 Å². The Bertz CT molecular complexity index is 1150. The van der Waals surface area contributed by atoms with Crippen molar-refractivity contribution < 1.29 is 27.1 Å². The fraction of sp³-hybridized carbons (Fsp3) is 0.318. The summed E-state index contributed by atoms with van der Waals surface area (Å²) in [4.78, 5) is 12.1. The van der Waals surface area contributed by atoms with Gasteiger partial charge in [0.25, 0.3) is 0 Å². The molecular weight excluding hydrogens is 406 g/mol. The molecule has 0 radical (unpaired) electrons. The molecule has 0 unspecified atom stereocenters. The van der Waals surface area contributed by atoms with Crippen molar-refractivity contribution in [1.29, 1.82) is 0 Å². The molecule has 8 heteroatoms. The Morgan fingerprint density at radius 2 is 1.90 bits per heavy atom. The van der Waals surface area contributed by atoms with Crippen LogP contribution < -0.4 is 9.46 Å². The summed E-state index contributed by atoms with van der Waals surface area (Å²) in [6.45, 7) is 6.37. The third-order valence-electron chi connectivity index (χ3n) is 4.59. The van der Waals surface area contributed by atoms with Gasteiger partial charge >= 0.3 is 5.97 Å². The van der Waals surface area contributed by atoms with Gasteiger partial charge in [-0.25, -0.2) is 17.9 Å². The molecule has 30 heavy (non-hydrogen) atoms. The van der Waals surface area contributed by atoms with Crippen molar-refractivity contribution in [2.24, 2.45) is 0 Å². The van der Waals surface area contributed by atoms with E-state index in [-0.39, 0.29) is 23.8 Å². The molecule has 2 aromatic carbocycles. The third-order valence-corrected chi connectivity index (χ3v) is 6.05. The summed E-state index contributed by atoms with van der Waals surface area (Å²) >= 11 is 0. The zero-order valence-electron chi connectivity index (χ0n) is 17.2. The minimum Gasteiger partial charge on any atom is -0.494 e. The van der Waals surface area contributed by atoms with Crippen molar-refractivity contribution in [1.82, 2.24) is 4.72 Å². The van der Waals surface area contributed by atoms with Crippen molar-refractivity contribution in [2.75, 3.05) is 19.8 Å². The number of carbonyl (C=O) groups is 1. The largest absolute Gasteiger partial charge is 0.494 e. The third kappa shape index (κ3) is 4.83. The molecule has 0 aliphatic carbocycles. The Kier molecular flexibility index (Phi) is 6.79. The van der Waals surface area contributed by atoms with Crippen molar-refractivity contribution in [3.05, 3.63) is 59.4 Å². The van der Waals surface area contributed by atoms with Crippen LogP contribution in [-0.4, -0.2) is 34.1 Å². The molecule has 0 atom stereocenters. The Morgan fingerprint density at radius 1 is 1.10 bits per heavy atom. The van der Waals surface area contributed by atoms with Gasteiger partial charge in [0, 0.05) is 17.5 Å². The van der Waals surface area contributed by atoms with Crippen molar-refractivity contribution in [3.63, 3.8) is 0 Å². The van der Waals surface area contributed by atoms with Crippen LogP contribution >= 0.6 is 0 Å². The molecule has 0 saturated carbocycles. The molecule has 0 spiro atoms. The number of furan rings is 1. The first-order chi connectivity index (χ1) is 14.4. The zero-order chi connectivity index (χ0) is 21.7. The zero-order valence-corrected chi connectivity index (χ0v) is 18.0. The molecule has 0 bridgehead atoms. The van der Waals surface area contributed by atoms with E-state index in [0.717, 1.165) is 11.3 Å². The minimum absolute atomic E-state index is 0.0866. The van der Waals surface area contributed by atoms with Gasteiger partial charge in [-0.15, -0.1) is 0 Å². The highest BCUT2D eigenvalue weighted by Crippen LogP contribution is 2.28. The summed E-state index contributed by atoms with van der Waals surface area (Å²) in [5, 5.41) is 0.561. The molecule has 0 aliphatic heterocycles. The van der Waals surface area contributed by atoms with Crippen LogP contribution in [0.3, 0.4) is 0 Å². The van der Waals surface area contributed by atoms with Crippen molar-refractivity contribution in [3.8, 4) is 5.75 Å². The van der Waals surface area contributed by atoms with Crippen LogP contribution in [-0.2, 0) is 21.2 Å². The summed E-state index contributed by atoms with van der Waals surface area (Å²) in [5.41, 5.74) is 1.96. The van der Waals surface area contributed by atoms with Gasteiger partial charge in [-0.3, -0.25) is 0 Å². The lowest BCUT2D eigenvalue weighted by Gasteiger charge is -2.08. The second-order valence-corrected chi connectivity index (χ2v) is 8.43. The van der Waals surface area contributed by atoms with Crippen molar-refractivity contribution in [2.45, 2.75) is 32.1 Å². The maximum Gasteiger partial charge on any atom is 0.374 e. The van der Waals surface area contributed by atoms with Crippen LogP contribution in [0.2, 0.25) is 0 Å². The molecule has 1 N–H and O–H groups in total. The fourth-order valence-corrected chi connectivity index (χ4v) is 4.19. The van der Waals surface area contributed by atoms with E-state index < -0.39 is 16.0 Å². The lowest BCUT2D eigenvalue weighted by molar-refractivity contribution is 0.0491. The number of ether oxygens (including phenoxy) is 2. The number of fused-ring (bicyclic) bond motifs is 1. The fourth-order valence-electron chi connectivity index (χ4n) is 3.13. The minimum atomic E-state index is -3.72. The monoisotopic (exact) mass is 431 g/mol. The quantitative estimate of drug-likeness (QED) is 0.517. The normalized spacial score (nSPS) is 11.6. The predicted molar refractivity (Wildman–Crippen MR) is 113 cm³/mol. The number of hydrogen-bond donors (Lipinski definition) is 1. The summed E-state index contributed by atoms with van der Waals surface area (Å²) in [7, 11) is -3.72. The number of aryl methyl sites for hydroxylation is 1. The molecule has 160 valence electrons. The summed E-state index contributed by atoms with van der Waals surface area (Å²) in [5.74, 6) is 0.280. The van der Waals surface area contributed by atoms with Gasteiger partial charge in [-0.1, -0.05) is 12.1 Å². The number of carbonyl (C=O) groups excluding carboxylic acids is 1. The Labute approximate surface area is 176 Å². The standard InChI is InChI=1S/C22H25NO6S/c1-4-27-17-8-6-7-16(13-17)11-12-23-30(25,26)18-9-10-20-19(14-18)15(3)21(29-20)22(24)28-5-2/h6-10,13-14,23H,4-5,11-12H2,1-3H3. The summed E-state index contributed by atoms with van der Waals surface area (Å²) in [6.07, 6.45) is 0.528. The molecule has 0 amide bonds. The topological polar surface area (TPSA) is 94.8 Å². The first-order valence-corrected chi connectivity index (χ1v) is 11.3. The van der Waals surface area contributed by atoms with Crippen molar-refractivity contribution >= 4 is 27.0 Å². The number of nitrogens with one attached hydrogen (secondary N) is 1. The Balaban J connectivity index is 1.74. The van der Waals surface area contributed by atoms with Crippen LogP contribution in [0.25, 0.3) is 11.0 Å². The van der Waals surface area contributed by atoms with Gasteiger partial charge in [0.15, 0.2) is 0 Å². The SMILES string of the molecule is CCOC(=O)c1oc2ccc(S(=O)(=O)NCCc3cccc(OCC)c3)cc2c1C. The number of esters is 1. The van der Waals surface area contributed by atoms with Crippen LogP contribution in [0, 0.1) is 6.92 Å². The maximum absolute atomic E-state index is 12.7. The number of benzene rings is 2. The Hall–Kier alpha value is -2.84. The average Bonchev–Trinajstić information content (AvgIpc) is 3.05. The lowest BCUT2D eigenvalue weighted by Crippen LogP contribution is -2.26. The highest BCUT2D eigenvalue weighted by Gasteiger charge is 2.21. The van der Waals surface area contributed by atoms with E-state index in [4.69, 9.17) is 13.9 Å². The van der Waals surface area contributed by atoms with E-state index in [1.807, 2.05) is 31.2 Å². The van der Waals surface area contributed by atoms with Gasteiger partial charge < -0.3 is 13.9 Å². The van der Waals surface area contributed by atoms with E-state index in [0.29, 0.717) is 29.6 Å². The van der Waals surface area contributed by atoms with Crippen LogP contribution in [0.4, 0.5) is 0 Å². The molecule has 0 saturated heterocycles. The van der Waals surface area contributed by atoms with Crippen LogP contribution in [0.5, 0.6) is 5.75 Å². The Morgan fingerprint density at radius 3 is 2.63 bits per heavy atom. The predicted octanol–water partition coefficient (Wildman–Crippen LogP) is 3.84. The number of rotatable bonds is 9. The number of sulfonamides is 1. The van der Waals surface area contributed by atoms with Gasteiger partial charge in [-0.05, 0) is 63.1 Å². The highest BCUT2D eigenvalue weighted by atomic mass is 32.2. The van der Waals surface area contributed by atoms with Gasteiger partial charge in [0.05, 0.1) is 18.1 Å². The molecule has 7 nitrogen and oxygen atoms in total. The molecule has 3 aromatic rings. The van der Waals surface area contributed by atoms with E-state index >= 15 is 0 Å². The van der Waals surface area contributed by atoms with Crippen LogP contribution in [0.15, 0.2) is 51.8 Å².